The molecule has 0 bridgehead atoms. The molecule has 0 N–H and O–H groups in total. The molecule has 2 heteroatoms. The molecule has 47 heavy (non-hydrogen) atoms. The third-order valence-electron chi connectivity index (χ3n) is 9.60. The van der Waals surface area contributed by atoms with Gasteiger partial charge in [0.25, 0.3) is 0 Å². The van der Waals surface area contributed by atoms with Gasteiger partial charge in [-0.2, -0.15) is 0 Å². The van der Waals surface area contributed by atoms with Gasteiger partial charge in [0.05, 0.1) is 22.1 Å². The van der Waals surface area contributed by atoms with Crippen LogP contribution in [0, 0.1) is 21.7 Å². The second-order valence-electron chi connectivity index (χ2n) is 19.4. The van der Waals surface area contributed by atoms with E-state index in [1.54, 1.807) is 0 Å². The SMILES string of the molecule is CC(C)(C)Cc1ccc2c(CC(C)(C)C)c3c(cc2c1)c1ncc(CC(C)(C)C)c2cc(CC(C)(C)C)c4c5ccccc5n3c4c21. The molecule has 0 aliphatic rings. The lowest BCUT2D eigenvalue weighted by atomic mass is 9.81. The van der Waals surface area contributed by atoms with Crippen LogP contribution in [0.5, 0.6) is 0 Å². The van der Waals surface area contributed by atoms with E-state index >= 15 is 0 Å². The van der Waals surface area contributed by atoms with E-state index in [9.17, 15) is 0 Å². The molecule has 0 saturated carbocycles. The number of pyridine rings is 2. The zero-order valence-corrected chi connectivity index (χ0v) is 31.0. The van der Waals surface area contributed by atoms with Crippen LogP contribution in [0.15, 0.2) is 60.8 Å². The Hall–Kier alpha value is -3.65. The standard InChI is InChI=1S/C45H54N2/c1-42(2,3)22-27-17-18-31-28(19-27)20-34-39-38-33(30(26-46-39)24-44(7,8)9)21-29(23-43(4,5)6)37-32-15-13-14-16-36(32)47(41(37)38)40(34)35(31)25-45(10,11)12/h13-21,26H,22-25H2,1-12H3. The Balaban J connectivity index is 1.76. The summed E-state index contributed by atoms with van der Waals surface area (Å²) in [6, 6.07) is 21.4. The summed E-state index contributed by atoms with van der Waals surface area (Å²) in [6.45, 7) is 28.3. The number of hydrogen-bond acceptors (Lipinski definition) is 1. The van der Waals surface area contributed by atoms with E-state index in [0.717, 1.165) is 31.2 Å². The zero-order chi connectivity index (χ0) is 33.8. The molecule has 0 spiro atoms. The molecule has 0 unspecified atom stereocenters. The van der Waals surface area contributed by atoms with E-state index in [0.29, 0.717) is 0 Å². The van der Waals surface area contributed by atoms with Crippen molar-refractivity contribution in [2.75, 3.05) is 0 Å². The lowest BCUT2D eigenvalue weighted by Crippen LogP contribution is -2.13. The molecular formula is C45H54N2. The molecule has 3 heterocycles. The van der Waals surface area contributed by atoms with Gasteiger partial charge >= 0.3 is 0 Å². The van der Waals surface area contributed by atoms with Crippen LogP contribution < -0.4 is 0 Å². The van der Waals surface area contributed by atoms with Crippen LogP contribution in [-0.2, 0) is 25.7 Å². The van der Waals surface area contributed by atoms with Gasteiger partial charge in [0.15, 0.2) is 0 Å². The van der Waals surface area contributed by atoms with Crippen LogP contribution in [0.25, 0.3) is 59.8 Å². The molecule has 0 saturated heterocycles. The summed E-state index contributed by atoms with van der Waals surface area (Å²) in [5.74, 6) is 0. The van der Waals surface area contributed by atoms with Gasteiger partial charge in [-0.25, -0.2) is 0 Å². The number of rotatable bonds is 4. The van der Waals surface area contributed by atoms with Gasteiger partial charge in [-0.3, -0.25) is 4.98 Å². The molecule has 0 atom stereocenters. The first-order valence-corrected chi connectivity index (χ1v) is 17.7. The minimum Gasteiger partial charge on any atom is -0.308 e. The summed E-state index contributed by atoms with van der Waals surface area (Å²) >= 11 is 0. The molecule has 2 nitrogen and oxygen atoms in total. The van der Waals surface area contributed by atoms with Gasteiger partial charge < -0.3 is 4.40 Å². The van der Waals surface area contributed by atoms with Gasteiger partial charge in [-0.15, -0.1) is 0 Å². The quantitative estimate of drug-likeness (QED) is 0.141. The van der Waals surface area contributed by atoms with E-state index in [4.69, 9.17) is 4.98 Å². The fourth-order valence-corrected chi connectivity index (χ4v) is 8.26. The lowest BCUT2D eigenvalue weighted by molar-refractivity contribution is 0.411. The average molecular weight is 623 g/mol. The van der Waals surface area contributed by atoms with Crippen LogP contribution in [0.2, 0.25) is 0 Å². The summed E-state index contributed by atoms with van der Waals surface area (Å²) in [5.41, 5.74) is 11.4. The van der Waals surface area contributed by atoms with Crippen molar-refractivity contribution in [3.05, 3.63) is 83.0 Å². The highest BCUT2D eigenvalue weighted by molar-refractivity contribution is 6.30. The normalized spacial score (nSPS) is 13.9. The van der Waals surface area contributed by atoms with E-state index in [1.165, 1.54) is 76.5 Å². The number of aromatic nitrogens is 2. The first kappa shape index (κ1) is 31.9. The maximum absolute atomic E-state index is 5.43. The predicted molar refractivity (Wildman–Crippen MR) is 207 cm³/mol. The zero-order valence-electron chi connectivity index (χ0n) is 31.0. The Morgan fingerprint density at radius 3 is 1.83 bits per heavy atom. The fourth-order valence-electron chi connectivity index (χ4n) is 8.26. The Kier molecular flexibility index (Phi) is 7.08. The van der Waals surface area contributed by atoms with E-state index < -0.39 is 0 Å². The van der Waals surface area contributed by atoms with Crippen molar-refractivity contribution in [2.24, 2.45) is 21.7 Å². The van der Waals surface area contributed by atoms with Crippen LogP contribution in [-0.4, -0.2) is 9.38 Å². The third kappa shape index (κ3) is 5.77. The Morgan fingerprint density at radius 1 is 0.532 bits per heavy atom. The number of hydrogen-bond donors (Lipinski definition) is 0. The van der Waals surface area contributed by atoms with Gasteiger partial charge in [0, 0.05) is 27.7 Å². The van der Waals surface area contributed by atoms with Crippen molar-refractivity contribution in [1.82, 2.24) is 9.38 Å². The van der Waals surface area contributed by atoms with Crippen LogP contribution >= 0.6 is 0 Å². The first-order valence-electron chi connectivity index (χ1n) is 17.7. The summed E-state index contributed by atoms with van der Waals surface area (Å²) < 4.78 is 2.66. The first-order chi connectivity index (χ1) is 21.8. The average Bonchev–Trinajstić information content (AvgIpc) is 3.26. The van der Waals surface area contributed by atoms with Crippen molar-refractivity contribution < 1.29 is 0 Å². The Morgan fingerprint density at radius 2 is 1.17 bits per heavy atom. The molecule has 3 aromatic heterocycles. The number of benzene rings is 4. The Bertz CT molecular complexity index is 2320. The molecule has 4 aromatic carbocycles. The monoisotopic (exact) mass is 622 g/mol. The smallest absolute Gasteiger partial charge is 0.0823 e. The molecule has 0 fully saturated rings. The molecule has 0 aliphatic heterocycles. The molecule has 0 amide bonds. The molecular weight excluding hydrogens is 569 g/mol. The minimum atomic E-state index is 0.113. The number of para-hydroxylation sites is 1. The summed E-state index contributed by atoms with van der Waals surface area (Å²) in [7, 11) is 0. The largest absolute Gasteiger partial charge is 0.308 e. The minimum absolute atomic E-state index is 0.113. The van der Waals surface area contributed by atoms with Crippen molar-refractivity contribution >= 4 is 59.8 Å². The molecule has 0 aliphatic carbocycles. The third-order valence-corrected chi connectivity index (χ3v) is 9.60. The lowest BCUT2D eigenvalue weighted by Gasteiger charge is -2.26. The summed E-state index contributed by atoms with van der Waals surface area (Å²) in [5, 5.41) is 9.45. The van der Waals surface area contributed by atoms with Gasteiger partial charge in [0.2, 0.25) is 0 Å². The Labute approximate surface area is 281 Å². The second kappa shape index (κ2) is 10.4. The highest BCUT2D eigenvalue weighted by Gasteiger charge is 2.28. The van der Waals surface area contributed by atoms with Crippen molar-refractivity contribution in [1.29, 1.82) is 0 Å². The van der Waals surface area contributed by atoms with Gasteiger partial charge in [-0.1, -0.05) is 119 Å². The predicted octanol–water partition coefficient (Wildman–Crippen LogP) is 12.9. The van der Waals surface area contributed by atoms with Crippen LogP contribution in [0.1, 0.15) is 105 Å². The molecule has 0 radical (unpaired) electrons. The summed E-state index contributed by atoms with van der Waals surface area (Å²) in [6.07, 6.45) is 6.27. The van der Waals surface area contributed by atoms with Crippen molar-refractivity contribution in [3.63, 3.8) is 0 Å². The topological polar surface area (TPSA) is 17.3 Å². The summed E-state index contributed by atoms with van der Waals surface area (Å²) in [4.78, 5) is 5.43. The van der Waals surface area contributed by atoms with E-state index in [1.807, 2.05) is 0 Å². The highest BCUT2D eigenvalue weighted by Crippen LogP contribution is 2.47. The van der Waals surface area contributed by atoms with Crippen molar-refractivity contribution in [2.45, 2.75) is 109 Å². The second-order valence-corrected chi connectivity index (χ2v) is 19.4. The highest BCUT2D eigenvalue weighted by atomic mass is 14.9. The number of nitrogens with zero attached hydrogens (tertiary/aromatic N) is 2. The molecule has 244 valence electrons. The van der Waals surface area contributed by atoms with Crippen LogP contribution in [0.4, 0.5) is 0 Å². The molecule has 7 aromatic rings. The van der Waals surface area contributed by atoms with Crippen LogP contribution in [0.3, 0.4) is 0 Å². The van der Waals surface area contributed by atoms with E-state index in [2.05, 4.69) is 148 Å². The van der Waals surface area contributed by atoms with E-state index in [-0.39, 0.29) is 21.7 Å². The fraction of sp³-hybridized carbons (Fsp3) is 0.444. The van der Waals surface area contributed by atoms with Gasteiger partial charge in [0.1, 0.15) is 0 Å². The van der Waals surface area contributed by atoms with Gasteiger partial charge in [-0.05, 0) is 104 Å². The maximum atomic E-state index is 5.43. The molecule has 7 rings (SSSR count). The number of fused-ring (bicyclic) bond motifs is 7. The van der Waals surface area contributed by atoms with Crippen molar-refractivity contribution in [3.8, 4) is 0 Å². The maximum Gasteiger partial charge on any atom is 0.0823 e.